The molecule has 0 radical (unpaired) electrons. The van der Waals surface area contributed by atoms with E-state index in [1.807, 2.05) is 72.8 Å². The van der Waals surface area contributed by atoms with Crippen LogP contribution < -0.4 is 4.74 Å². The normalized spacial score (nSPS) is 19.1. The standard InChI is InChI=1S/C27H25Br2NO5/c1-33-26(32)27(17-18-3-9-21(28)10-4-18)24(19-5-11-22(29)12-6-19)35-25(30-27)20-7-13-23(14-8-20)34-16-2-15-31/h3-14,24,31H,2,15-17H2,1H3/t24-,27-/m1/s1. The van der Waals surface area contributed by atoms with Crippen LogP contribution in [-0.2, 0) is 20.7 Å². The smallest absolute Gasteiger partial charge is 0.338 e. The number of aliphatic hydroxyl groups excluding tert-OH is 1. The topological polar surface area (TPSA) is 77.4 Å². The van der Waals surface area contributed by atoms with Gasteiger partial charge < -0.3 is 19.3 Å². The Hall–Kier alpha value is -2.68. The van der Waals surface area contributed by atoms with Crippen LogP contribution in [0, 0.1) is 0 Å². The highest BCUT2D eigenvalue weighted by Gasteiger charge is 2.54. The third kappa shape index (κ3) is 5.77. The second kappa shape index (κ2) is 11.4. The van der Waals surface area contributed by atoms with Gasteiger partial charge in [-0.05, 0) is 59.7 Å². The molecule has 0 bridgehead atoms. The molecule has 3 aromatic carbocycles. The van der Waals surface area contributed by atoms with Gasteiger partial charge in [0.15, 0.2) is 6.10 Å². The molecule has 35 heavy (non-hydrogen) atoms. The minimum absolute atomic E-state index is 0.0775. The minimum atomic E-state index is -1.30. The van der Waals surface area contributed by atoms with Gasteiger partial charge in [-0.25, -0.2) is 9.79 Å². The van der Waals surface area contributed by atoms with Gasteiger partial charge in [0.25, 0.3) is 0 Å². The van der Waals surface area contributed by atoms with Crippen molar-refractivity contribution in [3.8, 4) is 5.75 Å². The Labute approximate surface area is 221 Å². The number of halogens is 2. The lowest BCUT2D eigenvalue weighted by Crippen LogP contribution is -2.44. The molecule has 1 N–H and O–H groups in total. The first-order valence-corrected chi connectivity index (χ1v) is 12.7. The van der Waals surface area contributed by atoms with E-state index in [-0.39, 0.29) is 6.61 Å². The highest BCUT2D eigenvalue weighted by Crippen LogP contribution is 2.43. The summed E-state index contributed by atoms with van der Waals surface area (Å²) in [6.07, 6.45) is 0.186. The van der Waals surface area contributed by atoms with E-state index in [1.54, 1.807) is 0 Å². The molecule has 182 valence electrons. The number of benzene rings is 3. The molecule has 0 saturated carbocycles. The molecule has 0 amide bonds. The number of carbonyl (C=O) groups excluding carboxylic acids is 1. The molecular formula is C27H25Br2NO5. The number of esters is 1. The van der Waals surface area contributed by atoms with Gasteiger partial charge in [-0.3, -0.25) is 0 Å². The summed E-state index contributed by atoms with van der Waals surface area (Å²) in [6, 6.07) is 22.8. The third-order valence-corrected chi connectivity index (χ3v) is 6.79. The molecule has 8 heteroatoms. The van der Waals surface area contributed by atoms with E-state index in [2.05, 4.69) is 31.9 Å². The molecule has 1 heterocycles. The fourth-order valence-electron chi connectivity index (χ4n) is 3.98. The Morgan fingerprint density at radius 3 is 2.23 bits per heavy atom. The maximum Gasteiger partial charge on any atom is 0.338 e. The molecule has 0 spiro atoms. The van der Waals surface area contributed by atoms with Crippen molar-refractivity contribution in [1.82, 2.24) is 0 Å². The molecular weight excluding hydrogens is 578 g/mol. The summed E-state index contributed by atoms with van der Waals surface area (Å²) >= 11 is 6.94. The predicted octanol–water partition coefficient (Wildman–Crippen LogP) is 5.65. The number of hydrogen-bond donors (Lipinski definition) is 1. The van der Waals surface area contributed by atoms with Crippen molar-refractivity contribution in [2.24, 2.45) is 4.99 Å². The van der Waals surface area contributed by atoms with Gasteiger partial charge in [0, 0.05) is 34.0 Å². The van der Waals surface area contributed by atoms with Gasteiger partial charge in [-0.1, -0.05) is 56.1 Å². The van der Waals surface area contributed by atoms with E-state index in [0.29, 0.717) is 31.1 Å². The number of nitrogens with zero attached hydrogens (tertiary/aromatic N) is 1. The van der Waals surface area contributed by atoms with Crippen LogP contribution in [0.5, 0.6) is 5.75 Å². The van der Waals surface area contributed by atoms with E-state index >= 15 is 0 Å². The van der Waals surface area contributed by atoms with Gasteiger partial charge >= 0.3 is 5.97 Å². The van der Waals surface area contributed by atoms with Gasteiger partial charge in [0.1, 0.15) is 5.75 Å². The van der Waals surface area contributed by atoms with E-state index in [1.165, 1.54) is 7.11 Å². The monoisotopic (exact) mass is 601 g/mol. The summed E-state index contributed by atoms with van der Waals surface area (Å²) in [5.41, 5.74) is 1.17. The van der Waals surface area contributed by atoms with Crippen molar-refractivity contribution in [2.75, 3.05) is 20.3 Å². The molecule has 3 aromatic rings. The fourth-order valence-corrected chi connectivity index (χ4v) is 4.51. The molecule has 1 aliphatic heterocycles. The lowest BCUT2D eigenvalue weighted by molar-refractivity contribution is -0.149. The summed E-state index contributed by atoms with van der Waals surface area (Å²) in [5, 5.41) is 8.94. The molecule has 1 aliphatic rings. The van der Waals surface area contributed by atoms with Crippen LogP contribution in [0.1, 0.15) is 29.2 Å². The molecule has 0 aliphatic carbocycles. The minimum Gasteiger partial charge on any atom is -0.494 e. The first-order valence-electron chi connectivity index (χ1n) is 11.1. The zero-order chi connectivity index (χ0) is 24.8. The van der Waals surface area contributed by atoms with Crippen molar-refractivity contribution in [1.29, 1.82) is 0 Å². The van der Waals surface area contributed by atoms with Crippen molar-refractivity contribution in [2.45, 2.75) is 24.5 Å². The largest absolute Gasteiger partial charge is 0.494 e. The summed E-state index contributed by atoms with van der Waals surface area (Å²) in [7, 11) is 1.37. The average Bonchev–Trinajstić information content (AvgIpc) is 3.26. The Bertz CT molecular complexity index is 1180. The highest BCUT2D eigenvalue weighted by molar-refractivity contribution is 9.10. The third-order valence-electron chi connectivity index (χ3n) is 5.74. The van der Waals surface area contributed by atoms with Crippen molar-refractivity contribution < 1.29 is 24.1 Å². The highest BCUT2D eigenvalue weighted by atomic mass is 79.9. The molecule has 2 atom stereocenters. The second-order valence-electron chi connectivity index (χ2n) is 8.14. The van der Waals surface area contributed by atoms with E-state index in [4.69, 9.17) is 24.3 Å². The zero-order valence-corrected chi connectivity index (χ0v) is 22.3. The number of carbonyl (C=O) groups is 1. The molecule has 0 unspecified atom stereocenters. The van der Waals surface area contributed by atoms with E-state index in [9.17, 15) is 4.79 Å². The maximum absolute atomic E-state index is 13.4. The van der Waals surface area contributed by atoms with Crippen LogP contribution in [-0.4, -0.2) is 42.8 Å². The number of ether oxygens (including phenoxy) is 3. The number of aliphatic imine (C=N–C) groups is 1. The molecule has 4 rings (SSSR count). The molecule has 0 saturated heterocycles. The van der Waals surface area contributed by atoms with Crippen molar-refractivity contribution in [3.05, 3.63) is 98.4 Å². The van der Waals surface area contributed by atoms with Crippen LogP contribution in [0.15, 0.2) is 86.7 Å². The summed E-state index contributed by atoms with van der Waals surface area (Å²) in [5.74, 6) is 0.578. The van der Waals surface area contributed by atoms with Crippen LogP contribution in [0.4, 0.5) is 0 Å². The van der Waals surface area contributed by atoms with Crippen LogP contribution >= 0.6 is 31.9 Å². The molecule has 6 nitrogen and oxygen atoms in total. The summed E-state index contributed by atoms with van der Waals surface area (Å²) in [4.78, 5) is 18.3. The molecule has 0 aromatic heterocycles. The Morgan fingerprint density at radius 2 is 1.63 bits per heavy atom. The van der Waals surface area contributed by atoms with Gasteiger partial charge in [-0.2, -0.15) is 0 Å². The van der Waals surface area contributed by atoms with Crippen LogP contribution in [0.3, 0.4) is 0 Å². The predicted molar refractivity (Wildman–Crippen MR) is 141 cm³/mol. The lowest BCUT2D eigenvalue weighted by Gasteiger charge is -2.29. The number of aliphatic hydroxyl groups is 1. The van der Waals surface area contributed by atoms with Gasteiger partial charge in [-0.15, -0.1) is 0 Å². The Balaban J connectivity index is 1.74. The summed E-state index contributed by atoms with van der Waals surface area (Å²) in [6.45, 7) is 0.506. The second-order valence-corrected chi connectivity index (χ2v) is 9.97. The van der Waals surface area contributed by atoms with Crippen LogP contribution in [0.25, 0.3) is 0 Å². The summed E-state index contributed by atoms with van der Waals surface area (Å²) < 4.78 is 19.2. The fraction of sp³-hybridized carbons (Fsp3) is 0.259. The number of methoxy groups -OCH3 is 1. The SMILES string of the molecule is COC(=O)[C@]1(Cc2ccc(Br)cc2)N=C(c2ccc(OCCCO)cc2)O[C@@H]1c1ccc(Br)cc1. The van der Waals surface area contributed by atoms with Gasteiger partial charge in [0.05, 0.1) is 13.7 Å². The Morgan fingerprint density at radius 1 is 1.00 bits per heavy atom. The van der Waals surface area contributed by atoms with Gasteiger partial charge in [0.2, 0.25) is 11.4 Å². The van der Waals surface area contributed by atoms with E-state index in [0.717, 1.165) is 25.6 Å². The van der Waals surface area contributed by atoms with E-state index < -0.39 is 17.6 Å². The Kier molecular flexibility index (Phi) is 8.26. The zero-order valence-electron chi connectivity index (χ0n) is 19.1. The average molecular weight is 603 g/mol. The molecule has 0 fully saturated rings. The number of hydrogen-bond acceptors (Lipinski definition) is 6. The van der Waals surface area contributed by atoms with Crippen molar-refractivity contribution in [3.63, 3.8) is 0 Å². The quantitative estimate of drug-likeness (QED) is 0.253. The lowest BCUT2D eigenvalue weighted by atomic mass is 9.83. The maximum atomic E-state index is 13.4. The first-order chi connectivity index (χ1) is 16.9. The van der Waals surface area contributed by atoms with Crippen molar-refractivity contribution >= 4 is 43.7 Å². The first kappa shape index (κ1) is 25.4. The van der Waals surface area contributed by atoms with Crippen LogP contribution in [0.2, 0.25) is 0 Å². The number of rotatable bonds is 9.